The second-order valence-corrected chi connectivity index (χ2v) is 3.27. The Balaban J connectivity index is 0.000000261. The van der Waals surface area contributed by atoms with Gasteiger partial charge in [0.05, 0.1) is 0 Å². The monoisotopic (exact) mass is 182 g/mol. The summed E-state index contributed by atoms with van der Waals surface area (Å²) in [6, 6.07) is 8.02. The van der Waals surface area contributed by atoms with Crippen molar-refractivity contribution in [2.75, 3.05) is 0 Å². The van der Waals surface area contributed by atoms with E-state index in [-0.39, 0.29) is 0 Å². The van der Waals surface area contributed by atoms with Crippen LogP contribution in [-0.4, -0.2) is 0 Å². The predicted molar refractivity (Wildman–Crippen MR) is 59.0 cm³/mol. The van der Waals surface area contributed by atoms with E-state index in [1.54, 1.807) is 0 Å². The Hall–Kier alpha value is -0.430. The van der Waals surface area contributed by atoms with Crippen LogP contribution >= 0.6 is 12.6 Å². The summed E-state index contributed by atoms with van der Waals surface area (Å²) in [7, 11) is 0. The highest BCUT2D eigenvalue weighted by atomic mass is 32.1. The molecule has 0 saturated heterocycles. The lowest BCUT2D eigenvalue weighted by atomic mass is 10.2. The van der Waals surface area contributed by atoms with Gasteiger partial charge in [-0.3, -0.25) is 0 Å². The van der Waals surface area contributed by atoms with Gasteiger partial charge < -0.3 is 0 Å². The number of thiol groups is 1. The third-order valence-electron chi connectivity index (χ3n) is 1.62. The zero-order valence-corrected chi connectivity index (χ0v) is 9.07. The maximum absolute atomic E-state index is 4.20. The molecule has 0 spiro atoms. The van der Waals surface area contributed by atoms with Crippen molar-refractivity contribution in [2.24, 2.45) is 0 Å². The second-order valence-electron chi connectivity index (χ2n) is 2.79. The molecule has 0 atom stereocenters. The van der Waals surface area contributed by atoms with Crippen LogP contribution in [0.1, 0.15) is 32.3 Å². The highest BCUT2D eigenvalue weighted by Gasteiger charge is 1.84. The Morgan fingerprint density at radius 1 is 1.08 bits per heavy atom. The van der Waals surface area contributed by atoms with E-state index in [4.69, 9.17) is 0 Å². The number of rotatable bonds is 1. The molecule has 0 N–H and O–H groups in total. The van der Waals surface area contributed by atoms with Crippen molar-refractivity contribution in [2.45, 2.75) is 38.5 Å². The van der Waals surface area contributed by atoms with E-state index in [1.165, 1.54) is 18.4 Å². The minimum atomic E-state index is 1.06. The fourth-order valence-corrected chi connectivity index (χ4v) is 0.724. The van der Waals surface area contributed by atoms with Crippen LogP contribution < -0.4 is 0 Å². The summed E-state index contributed by atoms with van der Waals surface area (Å²) in [6.45, 7) is 6.41. The van der Waals surface area contributed by atoms with E-state index in [1.807, 2.05) is 31.2 Å². The van der Waals surface area contributed by atoms with Gasteiger partial charge in [0.25, 0.3) is 0 Å². The molecule has 0 bridgehead atoms. The molecule has 0 aliphatic carbocycles. The maximum Gasteiger partial charge on any atom is 0.00692 e. The first-order chi connectivity index (χ1) is 5.72. The van der Waals surface area contributed by atoms with Crippen LogP contribution in [0.15, 0.2) is 29.2 Å². The van der Waals surface area contributed by atoms with Gasteiger partial charge in [-0.2, -0.15) is 0 Å². The molecule has 0 unspecified atom stereocenters. The van der Waals surface area contributed by atoms with Crippen LogP contribution in [0.2, 0.25) is 0 Å². The molecule has 0 heterocycles. The van der Waals surface area contributed by atoms with Gasteiger partial charge >= 0.3 is 0 Å². The normalized spacial score (nSPS) is 8.67. The summed E-state index contributed by atoms with van der Waals surface area (Å²) in [5.41, 5.74) is 1.23. The highest BCUT2D eigenvalue weighted by molar-refractivity contribution is 7.80. The molecule has 0 aliphatic heterocycles. The molecule has 1 heteroatoms. The molecule has 0 amide bonds. The average molecular weight is 182 g/mol. The molecule has 0 saturated carbocycles. The lowest BCUT2D eigenvalue weighted by Crippen LogP contribution is -1.70. The maximum atomic E-state index is 4.20. The molecule has 0 aromatic heterocycles. The number of aryl methyl sites for hydroxylation is 1. The quantitative estimate of drug-likeness (QED) is 0.621. The van der Waals surface area contributed by atoms with Crippen molar-refractivity contribution in [3.63, 3.8) is 0 Å². The van der Waals surface area contributed by atoms with E-state index < -0.39 is 0 Å². The first kappa shape index (κ1) is 11.6. The third-order valence-corrected chi connectivity index (χ3v) is 2.12. The Morgan fingerprint density at radius 3 is 1.83 bits per heavy atom. The topological polar surface area (TPSA) is 0 Å². The van der Waals surface area contributed by atoms with Crippen LogP contribution in [0.5, 0.6) is 0 Å². The average Bonchev–Trinajstić information content (AvgIpc) is 2.11. The predicted octanol–water partition coefficient (Wildman–Crippen LogP) is 4.09. The Kier molecular flexibility index (Phi) is 6.97. The van der Waals surface area contributed by atoms with Gasteiger partial charge in [-0.05, 0) is 18.6 Å². The second kappa shape index (κ2) is 7.23. The van der Waals surface area contributed by atoms with Crippen LogP contribution in [0, 0.1) is 6.92 Å². The summed E-state index contributed by atoms with van der Waals surface area (Å²) in [5.74, 6) is 0. The molecule has 0 fully saturated rings. The van der Waals surface area contributed by atoms with Crippen molar-refractivity contribution >= 4 is 12.6 Å². The van der Waals surface area contributed by atoms with E-state index >= 15 is 0 Å². The molecule has 0 aliphatic rings. The summed E-state index contributed by atoms with van der Waals surface area (Å²) >= 11 is 4.20. The largest absolute Gasteiger partial charge is 0.143 e. The van der Waals surface area contributed by atoms with E-state index in [0.717, 1.165) is 4.90 Å². The molecule has 1 aromatic carbocycles. The fourth-order valence-electron chi connectivity index (χ4n) is 0.563. The summed E-state index contributed by atoms with van der Waals surface area (Å²) in [5, 5.41) is 0. The van der Waals surface area contributed by atoms with Gasteiger partial charge in [-0.1, -0.05) is 44.9 Å². The smallest absolute Gasteiger partial charge is 0.00692 e. The first-order valence-corrected chi connectivity index (χ1v) is 4.91. The van der Waals surface area contributed by atoms with Gasteiger partial charge in [0.15, 0.2) is 0 Å². The van der Waals surface area contributed by atoms with Crippen molar-refractivity contribution < 1.29 is 0 Å². The van der Waals surface area contributed by atoms with E-state index in [9.17, 15) is 0 Å². The van der Waals surface area contributed by atoms with Gasteiger partial charge in [0, 0.05) is 4.90 Å². The van der Waals surface area contributed by atoms with Gasteiger partial charge in [0.1, 0.15) is 0 Å². The van der Waals surface area contributed by atoms with Crippen LogP contribution in [-0.2, 0) is 0 Å². The Labute approximate surface area is 81.4 Å². The molecule has 1 aromatic rings. The van der Waals surface area contributed by atoms with Gasteiger partial charge in [-0.15, -0.1) is 12.6 Å². The molecule has 68 valence electrons. The lowest BCUT2D eigenvalue weighted by molar-refractivity contribution is 0.886. The highest BCUT2D eigenvalue weighted by Crippen LogP contribution is 2.09. The van der Waals surface area contributed by atoms with Crippen molar-refractivity contribution in [1.29, 1.82) is 0 Å². The minimum Gasteiger partial charge on any atom is -0.143 e. The lowest BCUT2D eigenvalue weighted by Gasteiger charge is -1.92. The van der Waals surface area contributed by atoms with Crippen LogP contribution in [0.4, 0.5) is 0 Å². The molecular weight excluding hydrogens is 164 g/mol. The number of benzene rings is 1. The third kappa shape index (κ3) is 5.25. The number of unbranched alkanes of at least 4 members (excludes halogenated alkanes) is 1. The minimum absolute atomic E-state index is 1.06. The first-order valence-electron chi connectivity index (χ1n) is 4.47. The van der Waals surface area contributed by atoms with Crippen LogP contribution in [0.25, 0.3) is 0 Å². The van der Waals surface area contributed by atoms with Crippen LogP contribution in [0.3, 0.4) is 0 Å². The molecule has 0 radical (unpaired) electrons. The Morgan fingerprint density at radius 2 is 1.58 bits per heavy atom. The Bertz CT molecular complexity index is 183. The van der Waals surface area contributed by atoms with Crippen molar-refractivity contribution in [3.8, 4) is 0 Å². The zero-order chi connectivity index (χ0) is 9.40. The molecule has 12 heavy (non-hydrogen) atoms. The van der Waals surface area contributed by atoms with Gasteiger partial charge in [0.2, 0.25) is 0 Å². The number of hydrogen-bond acceptors (Lipinski definition) is 1. The zero-order valence-electron chi connectivity index (χ0n) is 8.17. The summed E-state index contributed by atoms with van der Waals surface area (Å²) in [6.07, 6.45) is 2.64. The fraction of sp³-hybridized carbons (Fsp3) is 0.455. The molecule has 0 nitrogen and oxygen atoms in total. The SMILES string of the molecule is CCCC.Cc1ccccc1S. The van der Waals surface area contributed by atoms with E-state index in [2.05, 4.69) is 26.5 Å². The summed E-state index contributed by atoms with van der Waals surface area (Å²) in [4.78, 5) is 1.06. The van der Waals surface area contributed by atoms with Crippen molar-refractivity contribution in [1.82, 2.24) is 0 Å². The van der Waals surface area contributed by atoms with E-state index in [0.29, 0.717) is 0 Å². The molecule has 1 rings (SSSR count). The molecular formula is C11H18S. The van der Waals surface area contributed by atoms with Gasteiger partial charge in [-0.25, -0.2) is 0 Å². The van der Waals surface area contributed by atoms with Crippen molar-refractivity contribution in [3.05, 3.63) is 29.8 Å². The number of hydrogen-bond donors (Lipinski definition) is 1. The standard InChI is InChI=1S/C7H8S.C4H10/c1-6-4-2-3-5-7(6)8;1-3-4-2/h2-5,8H,1H3;3-4H2,1-2H3. The summed E-state index contributed by atoms with van der Waals surface area (Å²) < 4.78 is 0.